The number of aliphatic hydroxyl groups excluding tert-OH is 1. The van der Waals surface area contributed by atoms with Crippen LogP contribution in [0.15, 0.2) is 70.8 Å². The maximum absolute atomic E-state index is 16.9. The molecule has 0 spiro atoms. The van der Waals surface area contributed by atoms with Gasteiger partial charge in [-0.15, -0.1) is 0 Å². The van der Waals surface area contributed by atoms with Gasteiger partial charge >= 0.3 is 0 Å². The Balaban J connectivity index is 1.43. The van der Waals surface area contributed by atoms with Crippen LogP contribution in [-0.4, -0.2) is 68.3 Å². The number of nitrogens with zero attached hydrogens (tertiary/aromatic N) is 2. The van der Waals surface area contributed by atoms with Gasteiger partial charge < -0.3 is 28.8 Å². The number of ether oxygens (including phenoxy) is 2. The van der Waals surface area contributed by atoms with Gasteiger partial charge in [-0.25, -0.2) is 4.39 Å². The number of carbonyl (C=O) groups is 2. The number of rotatable bonds is 12. The Hall–Kier alpha value is -4.62. The van der Waals surface area contributed by atoms with E-state index in [1.807, 2.05) is 99.8 Å². The predicted molar refractivity (Wildman–Crippen MR) is 218 cm³/mol. The fourth-order valence-electron chi connectivity index (χ4n) is 8.66. The summed E-state index contributed by atoms with van der Waals surface area (Å²) in [5.41, 5.74) is 1.30. The molecule has 0 unspecified atom stereocenters. The van der Waals surface area contributed by atoms with E-state index in [2.05, 4.69) is 31.2 Å². The van der Waals surface area contributed by atoms with Crippen molar-refractivity contribution >= 4 is 25.6 Å². The molecule has 10 nitrogen and oxygen atoms in total. The molecule has 0 bridgehead atoms. The lowest BCUT2D eigenvalue weighted by molar-refractivity contribution is -0.140. The molecular formula is C45H54FN3O7Si. The minimum Gasteiger partial charge on any atom is -0.507 e. The molecular weight excluding hydrogens is 742 g/mol. The molecule has 3 aromatic carbocycles. The minimum atomic E-state index is -2.94. The van der Waals surface area contributed by atoms with Gasteiger partial charge in [0.15, 0.2) is 19.7 Å². The van der Waals surface area contributed by atoms with Crippen LogP contribution in [0, 0.1) is 24.6 Å². The molecule has 0 saturated heterocycles. The third kappa shape index (κ3) is 6.83. The summed E-state index contributed by atoms with van der Waals surface area (Å²) in [5.74, 6) is -2.82. The lowest BCUT2D eigenvalue weighted by Crippen LogP contribution is -2.68. The van der Waals surface area contributed by atoms with Crippen LogP contribution in [0.5, 0.6) is 11.6 Å². The van der Waals surface area contributed by atoms with E-state index >= 15 is 14.0 Å². The molecule has 0 amide bonds. The van der Waals surface area contributed by atoms with Crippen molar-refractivity contribution in [3.05, 3.63) is 117 Å². The van der Waals surface area contributed by atoms with Crippen molar-refractivity contribution in [1.82, 2.24) is 15.4 Å². The topological polar surface area (TPSA) is 123 Å². The van der Waals surface area contributed by atoms with Gasteiger partial charge in [0.2, 0.25) is 11.6 Å². The van der Waals surface area contributed by atoms with Crippen LogP contribution in [0.25, 0.3) is 5.76 Å². The zero-order valence-electron chi connectivity index (χ0n) is 34.4. The second-order valence-corrected chi connectivity index (χ2v) is 22.1. The molecule has 57 heavy (non-hydrogen) atoms. The fourth-order valence-corrected chi connectivity index (χ4v) is 10.1. The first-order valence-corrected chi connectivity index (χ1v) is 22.6. The van der Waals surface area contributed by atoms with Crippen molar-refractivity contribution in [2.24, 2.45) is 11.8 Å². The number of nitrogens with one attached hydrogen (secondary N) is 1. The first-order chi connectivity index (χ1) is 27.0. The summed E-state index contributed by atoms with van der Waals surface area (Å²) in [6.07, 6.45) is 0.750. The molecule has 1 heterocycles. The number of benzene rings is 3. The zero-order valence-corrected chi connectivity index (χ0v) is 35.4. The molecule has 0 aliphatic heterocycles. The Bertz CT molecular complexity index is 2210. The van der Waals surface area contributed by atoms with Crippen LogP contribution < -0.4 is 14.8 Å². The van der Waals surface area contributed by atoms with Gasteiger partial charge in [0.1, 0.15) is 36.1 Å². The van der Waals surface area contributed by atoms with Gasteiger partial charge in [0, 0.05) is 17.1 Å². The summed E-state index contributed by atoms with van der Waals surface area (Å²) >= 11 is 0. The fraction of sp³-hybridized carbons (Fsp3) is 0.444. The third-order valence-electron chi connectivity index (χ3n) is 12.6. The van der Waals surface area contributed by atoms with Crippen molar-refractivity contribution in [3.63, 3.8) is 0 Å². The average molecular weight is 796 g/mol. The van der Waals surface area contributed by atoms with E-state index in [0.717, 1.165) is 11.1 Å². The minimum absolute atomic E-state index is 0.0205. The summed E-state index contributed by atoms with van der Waals surface area (Å²) in [5, 5.41) is 19.5. The summed E-state index contributed by atoms with van der Waals surface area (Å²) in [7, 11) is 2.60. The average Bonchev–Trinajstić information content (AvgIpc) is 3.59. The Morgan fingerprint density at radius 1 is 0.982 bits per heavy atom. The number of hydrogen-bond acceptors (Lipinski definition) is 10. The van der Waals surface area contributed by atoms with Crippen LogP contribution in [-0.2, 0) is 35.3 Å². The molecule has 1 saturated carbocycles. The largest absolute Gasteiger partial charge is 0.507 e. The summed E-state index contributed by atoms with van der Waals surface area (Å²) in [6.45, 7) is 12.8. The SMILES string of the molecule is CNCCc1c(C)c(OCc2ccccc2)c2c(c1F)C[C@H]1C[C@H]3[C@H](N(C)C)c4onc(OCc5ccccc5)c4C(=O)[C@@]3(O[Si](C)(C)C(C)(C)C)C(=O)C1=C2O. The molecule has 3 aliphatic rings. The number of likely N-dealkylation sites (N-methyl/N-ethyl adjacent to an activating group) is 1. The second-order valence-electron chi connectivity index (χ2n) is 17.4. The standard InChI is InChI=1S/C45H54FN3O7Si/c1-26-30(20-21-47-5)36(46)31-22-29-23-32-37(49(6)7)40-35(43(48-55-40)54-25-28-18-14-11-15-19-28)42(52)45(32,56-57(8,9)44(2,3)4)41(51)33(29)38(50)34(31)39(26)53-24-27-16-12-10-13-17-27/h10-19,29,32,37,47,50H,20-25H2,1-9H3/t29-,32-,37-,45-/m0/s1. The normalized spacial score (nSPS) is 21.9. The third-order valence-corrected chi connectivity index (χ3v) is 17.0. The van der Waals surface area contributed by atoms with Gasteiger partial charge in [-0.1, -0.05) is 81.4 Å². The first kappa shape index (κ1) is 40.6. The van der Waals surface area contributed by atoms with E-state index < -0.39 is 54.2 Å². The van der Waals surface area contributed by atoms with Crippen LogP contribution in [0.1, 0.15) is 82.7 Å². The molecule has 0 radical (unpaired) electrons. The summed E-state index contributed by atoms with van der Waals surface area (Å²) < 4.78 is 42.8. The van der Waals surface area contributed by atoms with E-state index in [9.17, 15) is 5.11 Å². The Morgan fingerprint density at radius 2 is 1.60 bits per heavy atom. The lowest BCUT2D eigenvalue weighted by Gasteiger charge is -2.55. The Morgan fingerprint density at radius 3 is 2.18 bits per heavy atom. The molecule has 1 fully saturated rings. The van der Waals surface area contributed by atoms with Gasteiger partial charge in [-0.3, -0.25) is 14.5 Å². The quantitative estimate of drug-likeness (QED) is 0.107. The molecule has 3 aliphatic carbocycles. The van der Waals surface area contributed by atoms with Gasteiger partial charge in [-0.05, 0) is 105 Å². The van der Waals surface area contributed by atoms with E-state index in [0.29, 0.717) is 41.2 Å². The Kier molecular flexibility index (Phi) is 10.9. The highest BCUT2D eigenvalue weighted by Gasteiger charge is 2.69. The van der Waals surface area contributed by atoms with E-state index in [1.165, 1.54) is 0 Å². The van der Waals surface area contributed by atoms with Gasteiger partial charge in [-0.2, -0.15) is 0 Å². The van der Waals surface area contributed by atoms with E-state index in [4.69, 9.17) is 18.4 Å². The van der Waals surface area contributed by atoms with Crippen LogP contribution >= 0.6 is 0 Å². The maximum atomic E-state index is 16.9. The molecule has 2 N–H and O–H groups in total. The monoisotopic (exact) mass is 795 g/mol. The molecule has 1 aromatic heterocycles. The van der Waals surface area contributed by atoms with E-state index in [1.54, 1.807) is 6.92 Å². The van der Waals surface area contributed by atoms with Crippen molar-refractivity contribution in [3.8, 4) is 11.6 Å². The number of Topliss-reactive ketones (excluding diaryl/α,β-unsaturated/α-hetero) is 2. The van der Waals surface area contributed by atoms with Crippen LogP contribution in [0.4, 0.5) is 4.39 Å². The molecule has 302 valence electrons. The van der Waals surface area contributed by atoms with Crippen LogP contribution in [0.2, 0.25) is 18.1 Å². The van der Waals surface area contributed by atoms with Gasteiger partial charge in [0.05, 0.1) is 11.6 Å². The molecule has 4 aromatic rings. The maximum Gasteiger partial charge on any atom is 0.265 e. The number of halogens is 1. The molecule has 12 heteroatoms. The molecule has 7 rings (SSSR count). The number of ketones is 2. The lowest BCUT2D eigenvalue weighted by atomic mass is 9.57. The number of aromatic nitrogens is 1. The highest BCUT2D eigenvalue weighted by molar-refractivity contribution is 6.74. The number of aliphatic hydroxyl groups is 1. The van der Waals surface area contributed by atoms with Gasteiger partial charge in [0.25, 0.3) is 5.88 Å². The van der Waals surface area contributed by atoms with Crippen LogP contribution in [0.3, 0.4) is 0 Å². The van der Waals surface area contributed by atoms with Crippen molar-refractivity contribution in [2.75, 3.05) is 27.7 Å². The van der Waals surface area contributed by atoms with Crippen molar-refractivity contribution in [1.29, 1.82) is 0 Å². The number of hydrogen-bond donors (Lipinski definition) is 2. The Labute approximate surface area is 335 Å². The highest BCUT2D eigenvalue weighted by Crippen LogP contribution is 2.59. The molecule has 4 atom stereocenters. The van der Waals surface area contributed by atoms with E-state index in [-0.39, 0.29) is 54.4 Å². The number of carbonyl (C=O) groups excluding carboxylic acids is 2. The highest BCUT2D eigenvalue weighted by atomic mass is 28.4. The second kappa shape index (κ2) is 15.3. The predicted octanol–water partition coefficient (Wildman–Crippen LogP) is 8.33. The zero-order chi connectivity index (χ0) is 41.0. The summed E-state index contributed by atoms with van der Waals surface area (Å²) in [6, 6.07) is 18.5. The van der Waals surface area contributed by atoms with Crippen molar-refractivity contribution in [2.45, 2.75) is 89.9 Å². The summed E-state index contributed by atoms with van der Waals surface area (Å²) in [4.78, 5) is 33.3. The smallest absolute Gasteiger partial charge is 0.265 e. The first-order valence-electron chi connectivity index (χ1n) is 19.7. The van der Waals surface area contributed by atoms with Crippen molar-refractivity contribution < 1.29 is 37.5 Å². The number of fused-ring (bicyclic) bond motifs is 4.